The Morgan fingerprint density at radius 1 is 1.06 bits per heavy atom. The number of ether oxygens (including phenoxy) is 2. The molecular weight excluding hydrogens is 414 g/mol. The number of esters is 1. The molecule has 2 aromatic carbocycles. The smallest absolute Gasteiger partial charge is 0.339 e. The molecule has 0 spiro atoms. The van der Waals surface area contributed by atoms with Crippen LogP contribution in [0.25, 0.3) is 0 Å². The molecule has 3 aromatic rings. The Balaban J connectivity index is 1.78. The quantitative estimate of drug-likeness (QED) is 0.314. The summed E-state index contributed by atoms with van der Waals surface area (Å²) in [5.41, 5.74) is 2.62. The second-order valence-electron chi connectivity index (χ2n) is 6.96. The summed E-state index contributed by atoms with van der Waals surface area (Å²) in [6.07, 6.45) is 1.41. The molecule has 0 saturated carbocycles. The zero-order valence-electron chi connectivity index (χ0n) is 17.8. The van der Waals surface area contributed by atoms with E-state index in [4.69, 9.17) is 4.74 Å². The minimum atomic E-state index is -0.518. The predicted molar refractivity (Wildman–Crippen MR) is 117 cm³/mol. The van der Waals surface area contributed by atoms with Gasteiger partial charge in [-0.1, -0.05) is 6.07 Å². The van der Waals surface area contributed by atoms with Gasteiger partial charge in [0.15, 0.2) is 0 Å². The standard InChI is InChI=1S/C23H21N3O6/c1-15-4-11-20(25(2)22(27)16-6-9-19(10-7-16)26(29)30)21(12-15)32-14-18-8-5-17(13-24-18)23(28)31-3/h4-13H,14H2,1-3H3. The number of amides is 1. The van der Waals surface area contributed by atoms with Gasteiger partial charge in [0.25, 0.3) is 11.6 Å². The van der Waals surface area contributed by atoms with E-state index in [0.29, 0.717) is 28.3 Å². The number of carbonyl (C=O) groups is 2. The second kappa shape index (κ2) is 9.69. The van der Waals surface area contributed by atoms with Gasteiger partial charge in [-0.3, -0.25) is 19.9 Å². The van der Waals surface area contributed by atoms with Gasteiger partial charge in [-0.15, -0.1) is 0 Å². The predicted octanol–water partition coefficient (Wildman–Crippen LogP) is 3.94. The van der Waals surface area contributed by atoms with Gasteiger partial charge in [0, 0.05) is 30.9 Å². The highest BCUT2D eigenvalue weighted by atomic mass is 16.6. The number of aryl methyl sites for hydroxylation is 1. The van der Waals surface area contributed by atoms with Gasteiger partial charge in [-0.25, -0.2) is 4.79 Å². The molecule has 9 heteroatoms. The van der Waals surface area contributed by atoms with E-state index in [-0.39, 0.29) is 18.2 Å². The molecule has 1 amide bonds. The van der Waals surface area contributed by atoms with Crippen molar-refractivity contribution >= 4 is 23.3 Å². The zero-order chi connectivity index (χ0) is 23.3. The molecule has 9 nitrogen and oxygen atoms in total. The third kappa shape index (κ3) is 5.07. The molecule has 0 radical (unpaired) electrons. The van der Waals surface area contributed by atoms with Crippen LogP contribution >= 0.6 is 0 Å². The molecule has 0 fully saturated rings. The number of nitrogens with zero attached hydrogens (tertiary/aromatic N) is 3. The van der Waals surface area contributed by atoms with Crippen LogP contribution in [0.4, 0.5) is 11.4 Å². The van der Waals surface area contributed by atoms with Crippen molar-refractivity contribution in [2.75, 3.05) is 19.1 Å². The molecule has 0 unspecified atom stereocenters. The largest absolute Gasteiger partial charge is 0.485 e. The maximum atomic E-state index is 12.9. The fraction of sp³-hybridized carbons (Fsp3) is 0.174. The molecule has 1 heterocycles. The summed E-state index contributed by atoms with van der Waals surface area (Å²) in [5.74, 6) is -0.340. The summed E-state index contributed by atoms with van der Waals surface area (Å²) < 4.78 is 10.6. The maximum Gasteiger partial charge on any atom is 0.339 e. The third-order valence-electron chi connectivity index (χ3n) is 4.73. The zero-order valence-corrected chi connectivity index (χ0v) is 17.8. The van der Waals surface area contributed by atoms with Gasteiger partial charge < -0.3 is 14.4 Å². The Bertz CT molecular complexity index is 1140. The normalized spacial score (nSPS) is 10.3. The first kappa shape index (κ1) is 22.4. The first-order valence-corrected chi connectivity index (χ1v) is 9.59. The van der Waals surface area contributed by atoms with E-state index in [1.54, 1.807) is 31.3 Å². The maximum absolute atomic E-state index is 12.9. The summed E-state index contributed by atoms with van der Waals surface area (Å²) in [6.45, 7) is 2.02. The summed E-state index contributed by atoms with van der Waals surface area (Å²) in [6, 6.07) is 14.1. The van der Waals surface area contributed by atoms with Crippen molar-refractivity contribution < 1.29 is 24.0 Å². The van der Waals surface area contributed by atoms with Crippen LogP contribution in [0, 0.1) is 17.0 Å². The Hall–Kier alpha value is -4.27. The van der Waals surface area contributed by atoms with Crippen LogP contribution in [0.5, 0.6) is 5.75 Å². The first-order valence-electron chi connectivity index (χ1n) is 9.59. The average Bonchev–Trinajstić information content (AvgIpc) is 2.81. The van der Waals surface area contributed by atoms with Crippen LogP contribution < -0.4 is 9.64 Å². The number of nitro groups is 1. The van der Waals surface area contributed by atoms with E-state index < -0.39 is 10.9 Å². The van der Waals surface area contributed by atoms with Gasteiger partial charge in [-0.05, 0) is 48.9 Å². The Kier molecular flexibility index (Phi) is 6.79. The fourth-order valence-corrected chi connectivity index (χ4v) is 2.94. The number of hydrogen-bond acceptors (Lipinski definition) is 7. The van der Waals surface area contributed by atoms with Gasteiger partial charge in [0.2, 0.25) is 0 Å². The average molecular weight is 435 g/mol. The van der Waals surface area contributed by atoms with E-state index in [1.807, 2.05) is 13.0 Å². The van der Waals surface area contributed by atoms with E-state index >= 15 is 0 Å². The van der Waals surface area contributed by atoms with E-state index in [2.05, 4.69) is 9.72 Å². The number of hydrogen-bond donors (Lipinski definition) is 0. The highest BCUT2D eigenvalue weighted by molar-refractivity contribution is 6.06. The second-order valence-corrected chi connectivity index (χ2v) is 6.96. The number of nitro benzene ring substituents is 1. The van der Waals surface area contributed by atoms with Gasteiger partial charge in [0.1, 0.15) is 12.4 Å². The molecule has 0 aliphatic rings. The molecule has 0 aliphatic carbocycles. The highest BCUT2D eigenvalue weighted by Gasteiger charge is 2.19. The number of pyridine rings is 1. The highest BCUT2D eigenvalue weighted by Crippen LogP contribution is 2.30. The fourth-order valence-electron chi connectivity index (χ4n) is 2.94. The molecule has 1 aromatic heterocycles. The Morgan fingerprint density at radius 3 is 2.34 bits per heavy atom. The lowest BCUT2D eigenvalue weighted by atomic mass is 10.1. The Labute approximate surface area is 184 Å². The van der Waals surface area contributed by atoms with Gasteiger partial charge in [0.05, 0.1) is 29.0 Å². The molecule has 164 valence electrons. The van der Waals surface area contributed by atoms with Crippen LogP contribution in [0.3, 0.4) is 0 Å². The van der Waals surface area contributed by atoms with Gasteiger partial charge >= 0.3 is 5.97 Å². The van der Waals surface area contributed by atoms with Gasteiger partial charge in [-0.2, -0.15) is 0 Å². The van der Waals surface area contributed by atoms with Crippen molar-refractivity contribution in [3.8, 4) is 5.75 Å². The molecule has 0 N–H and O–H groups in total. The number of anilines is 1. The molecule has 3 rings (SSSR count). The van der Waals surface area contributed by atoms with Crippen molar-refractivity contribution in [3.63, 3.8) is 0 Å². The van der Waals surface area contributed by atoms with Crippen molar-refractivity contribution in [2.45, 2.75) is 13.5 Å². The van der Waals surface area contributed by atoms with Crippen LogP contribution in [-0.2, 0) is 11.3 Å². The molecule has 0 atom stereocenters. The summed E-state index contributed by atoms with van der Waals surface area (Å²) >= 11 is 0. The molecular formula is C23H21N3O6. The number of methoxy groups -OCH3 is 1. The van der Waals surface area contributed by atoms with Crippen LogP contribution in [0.1, 0.15) is 32.0 Å². The summed E-state index contributed by atoms with van der Waals surface area (Å²) in [5, 5.41) is 10.8. The number of rotatable bonds is 7. The van der Waals surface area contributed by atoms with Crippen LogP contribution in [-0.4, -0.2) is 35.9 Å². The number of carbonyl (C=O) groups excluding carboxylic acids is 2. The Morgan fingerprint density at radius 2 is 1.75 bits per heavy atom. The molecule has 0 aliphatic heterocycles. The van der Waals surface area contributed by atoms with E-state index in [9.17, 15) is 19.7 Å². The van der Waals surface area contributed by atoms with E-state index in [1.165, 1.54) is 42.5 Å². The number of benzene rings is 2. The minimum absolute atomic E-state index is 0.0886. The summed E-state index contributed by atoms with van der Waals surface area (Å²) in [4.78, 5) is 40.4. The minimum Gasteiger partial charge on any atom is -0.485 e. The number of non-ortho nitro benzene ring substituents is 1. The SMILES string of the molecule is COC(=O)c1ccc(COc2cc(C)ccc2N(C)C(=O)c2ccc([N+](=O)[O-])cc2)nc1. The molecule has 32 heavy (non-hydrogen) atoms. The third-order valence-corrected chi connectivity index (χ3v) is 4.73. The van der Waals surface area contributed by atoms with E-state index in [0.717, 1.165) is 5.56 Å². The van der Waals surface area contributed by atoms with Crippen molar-refractivity contribution in [1.82, 2.24) is 4.98 Å². The summed E-state index contributed by atoms with van der Waals surface area (Å²) in [7, 11) is 2.90. The van der Waals surface area contributed by atoms with Crippen molar-refractivity contribution in [2.24, 2.45) is 0 Å². The monoisotopic (exact) mass is 435 g/mol. The molecule has 0 bridgehead atoms. The van der Waals surface area contributed by atoms with Crippen molar-refractivity contribution in [1.29, 1.82) is 0 Å². The van der Waals surface area contributed by atoms with Crippen LogP contribution in [0.15, 0.2) is 60.8 Å². The lowest BCUT2D eigenvalue weighted by molar-refractivity contribution is -0.384. The van der Waals surface area contributed by atoms with Crippen molar-refractivity contribution in [3.05, 3.63) is 93.3 Å². The number of aromatic nitrogens is 1. The lowest BCUT2D eigenvalue weighted by Gasteiger charge is -2.21. The van der Waals surface area contributed by atoms with Crippen LogP contribution in [0.2, 0.25) is 0 Å². The lowest BCUT2D eigenvalue weighted by Crippen LogP contribution is -2.26. The molecule has 0 saturated heterocycles. The first-order chi connectivity index (χ1) is 15.3. The topological polar surface area (TPSA) is 112 Å².